The fraction of sp³-hybridized carbons (Fsp3) is 0.400. The molecule has 3 amide bonds. The van der Waals surface area contributed by atoms with Gasteiger partial charge in [0.15, 0.2) is 0 Å². The number of carbonyl (C=O) groups is 3. The maximum Gasteiger partial charge on any atom is 0.255 e. The van der Waals surface area contributed by atoms with E-state index in [0.717, 1.165) is 17.3 Å². The number of amides is 3. The van der Waals surface area contributed by atoms with Crippen molar-refractivity contribution in [2.24, 2.45) is 0 Å². The van der Waals surface area contributed by atoms with Crippen molar-refractivity contribution < 1.29 is 14.4 Å². The summed E-state index contributed by atoms with van der Waals surface area (Å²) in [6.07, 6.45) is 1.59. The van der Waals surface area contributed by atoms with Crippen molar-refractivity contribution in [3.63, 3.8) is 0 Å². The van der Waals surface area contributed by atoms with E-state index in [1.807, 2.05) is 18.2 Å². The quantitative estimate of drug-likeness (QED) is 0.661. The number of halogens is 1. The van der Waals surface area contributed by atoms with Gasteiger partial charge in [0.05, 0.1) is 0 Å². The number of carbonyl (C=O) groups excluding carboxylic acids is 3. The minimum Gasteiger partial charge on any atom is -0.322 e. The lowest BCUT2D eigenvalue weighted by Gasteiger charge is -2.29. The van der Waals surface area contributed by atoms with Crippen molar-refractivity contribution in [1.82, 2.24) is 10.2 Å². The lowest BCUT2D eigenvalue weighted by Crippen LogP contribution is -2.52. The number of alkyl halides is 1. The van der Waals surface area contributed by atoms with E-state index in [4.69, 9.17) is 0 Å². The number of imide groups is 1. The standard InChI is InChI=1S/C15H15BrN2O3/c16-6-5-9-1-2-11-10(7-9)8-18(15(11)21)12-3-4-13(19)17-14(12)20/h1-2,7,12H,3-6,8H2,(H,17,19,20). The molecule has 0 aliphatic carbocycles. The molecule has 0 bridgehead atoms. The molecule has 1 fully saturated rings. The summed E-state index contributed by atoms with van der Waals surface area (Å²) in [6, 6.07) is 5.27. The van der Waals surface area contributed by atoms with Crippen molar-refractivity contribution >= 4 is 33.7 Å². The van der Waals surface area contributed by atoms with Crippen molar-refractivity contribution in [2.75, 3.05) is 5.33 Å². The largest absolute Gasteiger partial charge is 0.322 e. The molecular formula is C15H15BrN2O3. The lowest BCUT2D eigenvalue weighted by molar-refractivity contribution is -0.136. The van der Waals surface area contributed by atoms with E-state index < -0.39 is 6.04 Å². The van der Waals surface area contributed by atoms with Crippen LogP contribution in [0.25, 0.3) is 0 Å². The molecule has 1 N–H and O–H groups in total. The number of rotatable bonds is 3. The molecule has 1 atom stereocenters. The Bertz CT molecular complexity index is 629. The van der Waals surface area contributed by atoms with Gasteiger partial charge in [0.2, 0.25) is 11.8 Å². The summed E-state index contributed by atoms with van der Waals surface area (Å²) in [5.74, 6) is -0.752. The van der Waals surface area contributed by atoms with Gasteiger partial charge in [0, 0.05) is 23.9 Å². The number of aryl methyl sites for hydroxylation is 1. The van der Waals surface area contributed by atoms with Gasteiger partial charge in [-0.3, -0.25) is 19.7 Å². The van der Waals surface area contributed by atoms with Gasteiger partial charge in [-0.25, -0.2) is 0 Å². The molecule has 110 valence electrons. The summed E-state index contributed by atoms with van der Waals surface area (Å²) >= 11 is 3.40. The Labute approximate surface area is 130 Å². The van der Waals surface area contributed by atoms with Crippen LogP contribution in [-0.2, 0) is 22.6 Å². The van der Waals surface area contributed by atoms with Crippen LogP contribution in [0.5, 0.6) is 0 Å². The molecule has 2 aliphatic rings. The van der Waals surface area contributed by atoms with Crippen LogP contribution in [-0.4, -0.2) is 34.0 Å². The summed E-state index contributed by atoms with van der Waals surface area (Å²) in [4.78, 5) is 37.2. The molecule has 0 saturated carbocycles. The lowest BCUT2D eigenvalue weighted by atomic mass is 10.0. The van der Waals surface area contributed by atoms with E-state index in [-0.39, 0.29) is 24.1 Å². The van der Waals surface area contributed by atoms with Gasteiger partial charge < -0.3 is 4.90 Å². The minimum absolute atomic E-state index is 0.120. The van der Waals surface area contributed by atoms with E-state index in [9.17, 15) is 14.4 Å². The highest BCUT2D eigenvalue weighted by Crippen LogP contribution is 2.28. The SMILES string of the molecule is O=C1CCC(N2Cc3cc(CCBr)ccc3C2=O)C(=O)N1. The molecule has 1 unspecified atom stereocenters. The molecule has 5 nitrogen and oxygen atoms in total. The number of benzene rings is 1. The predicted octanol–water partition coefficient (Wildman–Crippen LogP) is 1.39. The van der Waals surface area contributed by atoms with Crippen LogP contribution in [0, 0.1) is 0 Å². The maximum absolute atomic E-state index is 12.4. The molecule has 1 saturated heterocycles. The second kappa shape index (κ2) is 5.60. The number of piperidine rings is 1. The van der Waals surface area contributed by atoms with Crippen LogP contribution in [0.3, 0.4) is 0 Å². The highest BCUT2D eigenvalue weighted by Gasteiger charge is 2.38. The zero-order valence-corrected chi connectivity index (χ0v) is 13.0. The Kier molecular flexibility index (Phi) is 3.80. The second-order valence-electron chi connectivity index (χ2n) is 5.33. The van der Waals surface area contributed by atoms with E-state index in [1.54, 1.807) is 4.90 Å². The van der Waals surface area contributed by atoms with Crippen LogP contribution in [0.2, 0.25) is 0 Å². The number of fused-ring (bicyclic) bond motifs is 1. The number of hydrogen-bond donors (Lipinski definition) is 1. The Morgan fingerprint density at radius 2 is 2.10 bits per heavy atom. The van der Waals surface area contributed by atoms with Gasteiger partial charge in [-0.15, -0.1) is 0 Å². The summed E-state index contributed by atoms with van der Waals surface area (Å²) < 4.78 is 0. The molecule has 3 rings (SSSR count). The Hall–Kier alpha value is -1.69. The summed E-state index contributed by atoms with van der Waals surface area (Å²) in [7, 11) is 0. The first-order valence-electron chi connectivity index (χ1n) is 6.92. The number of nitrogens with zero attached hydrogens (tertiary/aromatic N) is 1. The van der Waals surface area contributed by atoms with Gasteiger partial charge in [-0.2, -0.15) is 0 Å². The predicted molar refractivity (Wildman–Crippen MR) is 80.0 cm³/mol. The van der Waals surface area contributed by atoms with Gasteiger partial charge in [-0.1, -0.05) is 28.1 Å². The van der Waals surface area contributed by atoms with Crippen molar-refractivity contribution in [2.45, 2.75) is 31.8 Å². The molecule has 2 aliphatic heterocycles. The van der Waals surface area contributed by atoms with E-state index in [1.165, 1.54) is 5.56 Å². The smallest absolute Gasteiger partial charge is 0.255 e. The van der Waals surface area contributed by atoms with Crippen LogP contribution in [0.15, 0.2) is 18.2 Å². The van der Waals surface area contributed by atoms with Crippen molar-refractivity contribution in [1.29, 1.82) is 0 Å². The molecular weight excluding hydrogens is 336 g/mol. The van der Waals surface area contributed by atoms with E-state index in [0.29, 0.717) is 18.5 Å². The average Bonchev–Trinajstić information content (AvgIpc) is 2.76. The van der Waals surface area contributed by atoms with E-state index >= 15 is 0 Å². The van der Waals surface area contributed by atoms with Gasteiger partial charge in [-0.05, 0) is 30.0 Å². The first-order chi connectivity index (χ1) is 10.1. The first-order valence-corrected chi connectivity index (χ1v) is 8.04. The molecule has 1 aromatic carbocycles. The molecule has 0 aromatic heterocycles. The van der Waals surface area contributed by atoms with Gasteiger partial charge >= 0.3 is 0 Å². The summed E-state index contributed by atoms with van der Waals surface area (Å²) in [6.45, 7) is 0.441. The third-order valence-electron chi connectivity index (χ3n) is 3.97. The van der Waals surface area contributed by atoms with Crippen molar-refractivity contribution in [3.05, 3.63) is 34.9 Å². The number of hydrogen-bond acceptors (Lipinski definition) is 3. The monoisotopic (exact) mass is 350 g/mol. The zero-order chi connectivity index (χ0) is 15.0. The molecule has 21 heavy (non-hydrogen) atoms. The van der Waals surface area contributed by atoms with Gasteiger partial charge in [0.1, 0.15) is 6.04 Å². The maximum atomic E-state index is 12.4. The third kappa shape index (κ3) is 2.60. The molecule has 0 radical (unpaired) electrons. The van der Waals surface area contributed by atoms with Crippen LogP contribution >= 0.6 is 15.9 Å². The fourth-order valence-electron chi connectivity index (χ4n) is 2.89. The zero-order valence-electron chi connectivity index (χ0n) is 11.4. The second-order valence-corrected chi connectivity index (χ2v) is 6.12. The number of nitrogens with one attached hydrogen (secondary N) is 1. The minimum atomic E-state index is -0.540. The van der Waals surface area contributed by atoms with E-state index in [2.05, 4.69) is 21.2 Å². The summed E-state index contributed by atoms with van der Waals surface area (Å²) in [5.41, 5.74) is 2.80. The molecule has 0 spiro atoms. The van der Waals surface area contributed by atoms with Gasteiger partial charge in [0.25, 0.3) is 5.91 Å². The first kappa shape index (κ1) is 14.3. The Morgan fingerprint density at radius 1 is 1.29 bits per heavy atom. The Morgan fingerprint density at radius 3 is 2.81 bits per heavy atom. The summed E-state index contributed by atoms with van der Waals surface area (Å²) in [5, 5.41) is 3.18. The molecule has 6 heteroatoms. The van der Waals surface area contributed by atoms with Crippen molar-refractivity contribution in [3.8, 4) is 0 Å². The fourth-order valence-corrected chi connectivity index (χ4v) is 3.35. The Balaban J connectivity index is 1.83. The van der Waals surface area contributed by atoms with Crippen LogP contribution in [0.4, 0.5) is 0 Å². The molecule has 1 aromatic rings. The topological polar surface area (TPSA) is 66.5 Å². The molecule has 2 heterocycles. The highest BCUT2D eigenvalue weighted by molar-refractivity contribution is 9.09. The highest BCUT2D eigenvalue weighted by atomic mass is 79.9. The van der Waals surface area contributed by atoms with Crippen LogP contribution < -0.4 is 5.32 Å². The normalized spacial score (nSPS) is 21.5. The third-order valence-corrected chi connectivity index (χ3v) is 4.37. The van der Waals surface area contributed by atoms with Crippen LogP contribution in [0.1, 0.15) is 34.3 Å². The average molecular weight is 351 g/mol.